The van der Waals surface area contributed by atoms with Gasteiger partial charge in [-0.15, -0.1) is 0 Å². The highest BCUT2D eigenvalue weighted by Gasteiger charge is 2.39. The van der Waals surface area contributed by atoms with E-state index in [4.69, 9.17) is 0 Å². The highest BCUT2D eigenvalue weighted by Crippen LogP contribution is 2.42. The molecule has 164 valence electrons. The van der Waals surface area contributed by atoms with Gasteiger partial charge < -0.3 is 5.32 Å². The second kappa shape index (κ2) is 12.5. The zero-order chi connectivity index (χ0) is 21.8. The first kappa shape index (κ1) is 23.3. The maximum absolute atomic E-state index is 4.07. The molecule has 0 spiro atoms. The fourth-order valence-corrected chi connectivity index (χ4v) is 4.79. The number of unbranched alkanes of at least 4 members (excludes halogenated alkanes) is 6. The molecule has 1 N–H and O–H groups in total. The van der Waals surface area contributed by atoms with Crippen molar-refractivity contribution in [1.82, 2.24) is 5.32 Å². The Balaban J connectivity index is 1.87. The maximum Gasteiger partial charge on any atom is 0.0757 e. The predicted octanol–water partition coefficient (Wildman–Crippen LogP) is 8.07. The molecule has 0 aliphatic carbocycles. The van der Waals surface area contributed by atoms with Gasteiger partial charge in [0.1, 0.15) is 0 Å². The third kappa shape index (κ3) is 6.08. The van der Waals surface area contributed by atoms with Crippen LogP contribution in [0.5, 0.6) is 0 Å². The summed E-state index contributed by atoms with van der Waals surface area (Å²) in [4.78, 5) is 0. The molecular formula is C30H39N. The van der Waals surface area contributed by atoms with E-state index in [9.17, 15) is 0 Å². The normalized spacial score (nSPS) is 12.6. The summed E-state index contributed by atoms with van der Waals surface area (Å²) < 4.78 is 0. The van der Waals surface area contributed by atoms with E-state index in [1.165, 1.54) is 61.6 Å². The molecule has 0 aliphatic heterocycles. The number of nitrogens with one attached hydrogen (secondary N) is 1. The lowest BCUT2D eigenvalue weighted by Gasteiger charge is -2.42. The minimum Gasteiger partial charge on any atom is -0.303 e. The summed E-state index contributed by atoms with van der Waals surface area (Å²) in [7, 11) is 0. The molecule has 3 aromatic carbocycles. The van der Waals surface area contributed by atoms with Gasteiger partial charge in [0.05, 0.1) is 5.54 Å². The Morgan fingerprint density at radius 2 is 1.06 bits per heavy atom. The van der Waals surface area contributed by atoms with Gasteiger partial charge in [0.15, 0.2) is 0 Å². The topological polar surface area (TPSA) is 12.0 Å². The van der Waals surface area contributed by atoms with Crippen molar-refractivity contribution in [2.45, 2.75) is 70.3 Å². The van der Waals surface area contributed by atoms with Gasteiger partial charge in [-0.1, -0.05) is 143 Å². The van der Waals surface area contributed by atoms with Crippen LogP contribution in [-0.4, -0.2) is 6.54 Å². The van der Waals surface area contributed by atoms with Gasteiger partial charge in [-0.3, -0.25) is 0 Å². The van der Waals surface area contributed by atoms with Crippen molar-refractivity contribution in [3.05, 3.63) is 108 Å². The van der Waals surface area contributed by atoms with Gasteiger partial charge in [0, 0.05) is 5.92 Å². The van der Waals surface area contributed by atoms with Crippen LogP contribution in [0.2, 0.25) is 0 Å². The van der Waals surface area contributed by atoms with Crippen LogP contribution in [0.4, 0.5) is 0 Å². The summed E-state index contributed by atoms with van der Waals surface area (Å²) in [5, 5.41) is 4.07. The van der Waals surface area contributed by atoms with Crippen LogP contribution < -0.4 is 5.32 Å². The van der Waals surface area contributed by atoms with Crippen molar-refractivity contribution in [3.63, 3.8) is 0 Å². The molecule has 3 rings (SSSR count). The van der Waals surface area contributed by atoms with Crippen molar-refractivity contribution in [3.8, 4) is 0 Å². The molecule has 3 aromatic rings. The van der Waals surface area contributed by atoms with Crippen LogP contribution >= 0.6 is 0 Å². The Morgan fingerprint density at radius 1 is 0.613 bits per heavy atom. The van der Waals surface area contributed by atoms with Crippen LogP contribution in [0.15, 0.2) is 91.0 Å². The Kier molecular flexibility index (Phi) is 9.37. The van der Waals surface area contributed by atoms with Crippen molar-refractivity contribution >= 4 is 0 Å². The van der Waals surface area contributed by atoms with Gasteiger partial charge in [-0.2, -0.15) is 0 Å². The zero-order valence-electron chi connectivity index (χ0n) is 19.4. The summed E-state index contributed by atoms with van der Waals surface area (Å²) in [6.45, 7) is 5.67. The van der Waals surface area contributed by atoms with Crippen LogP contribution in [0.25, 0.3) is 0 Å². The second-order valence-corrected chi connectivity index (χ2v) is 8.72. The molecule has 1 atom stereocenters. The Labute approximate surface area is 189 Å². The molecule has 0 saturated heterocycles. The second-order valence-electron chi connectivity index (χ2n) is 8.72. The SMILES string of the molecule is CCCCCCCCCNC(c1ccccc1)(c1ccccc1)C(C)c1ccccc1. The largest absolute Gasteiger partial charge is 0.303 e. The molecule has 31 heavy (non-hydrogen) atoms. The van der Waals surface area contributed by atoms with Crippen LogP contribution in [0.3, 0.4) is 0 Å². The lowest BCUT2D eigenvalue weighted by molar-refractivity contribution is 0.337. The number of hydrogen-bond acceptors (Lipinski definition) is 1. The fraction of sp³-hybridized carbons (Fsp3) is 0.400. The molecule has 1 nitrogen and oxygen atoms in total. The van der Waals surface area contributed by atoms with E-state index < -0.39 is 0 Å². The van der Waals surface area contributed by atoms with E-state index in [1.54, 1.807) is 0 Å². The number of benzene rings is 3. The minimum absolute atomic E-state index is 0.258. The zero-order valence-corrected chi connectivity index (χ0v) is 19.4. The summed E-state index contributed by atoms with van der Waals surface area (Å²) in [6.07, 6.45) is 9.31. The lowest BCUT2D eigenvalue weighted by Crippen LogP contribution is -2.48. The Bertz CT molecular complexity index is 802. The quantitative estimate of drug-likeness (QED) is 0.279. The first-order chi connectivity index (χ1) is 15.3. The van der Waals surface area contributed by atoms with Gasteiger partial charge in [0.2, 0.25) is 0 Å². The molecule has 0 heterocycles. The highest BCUT2D eigenvalue weighted by molar-refractivity contribution is 5.43. The Hall–Kier alpha value is -2.38. The molecule has 0 radical (unpaired) electrons. The number of hydrogen-bond donors (Lipinski definition) is 1. The molecule has 0 aliphatic rings. The van der Waals surface area contributed by atoms with E-state index in [0.717, 1.165) is 6.54 Å². The predicted molar refractivity (Wildman–Crippen MR) is 135 cm³/mol. The molecule has 1 unspecified atom stereocenters. The van der Waals surface area contributed by atoms with Crippen LogP contribution in [0, 0.1) is 0 Å². The van der Waals surface area contributed by atoms with Crippen LogP contribution in [-0.2, 0) is 5.54 Å². The minimum atomic E-state index is -0.258. The molecule has 1 heteroatoms. The lowest BCUT2D eigenvalue weighted by atomic mass is 9.71. The van der Waals surface area contributed by atoms with Crippen molar-refractivity contribution in [1.29, 1.82) is 0 Å². The summed E-state index contributed by atoms with van der Waals surface area (Å²) in [6, 6.07) is 33.0. The molecule has 0 aromatic heterocycles. The fourth-order valence-electron chi connectivity index (χ4n) is 4.79. The highest BCUT2D eigenvalue weighted by atomic mass is 15.0. The molecule has 0 saturated carbocycles. The number of rotatable bonds is 13. The van der Waals surface area contributed by atoms with Gasteiger partial charge in [-0.25, -0.2) is 0 Å². The molecule has 0 bridgehead atoms. The standard InChI is InChI=1S/C30H39N/c1-3-4-5-6-7-8-18-25-31-30(28-21-14-10-15-22-28,29-23-16-11-17-24-29)26(2)27-19-12-9-13-20-27/h9-17,19-24,26,31H,3-8,18,25H2,1-2H3. The van der Waals surface area contributed by atoms with Crippen molar-refractivity contribution in [2.75, 3.05) is 6.54 Å². The third-order valence-corrected chi connectivity index (χ3v) is 6.59. The Morgan fingerprint density at radius 3 is 1.58 bits per heavy atom. The van der Waals surface area contributed by atoms with E-state index in [0.29, 0.717) is 5.92 Å². The van der Waals surface area contributed by atoms with Crippen LogP contribution in [0.1, 0.15) is 81.4 Å². The van der Waals surface area contributed by atoms with E-state index in [-0.39, 0.29) is 5.54 Å². The first-order valence-corrected chi connectivity index (χ1v) is 12.2. The summed E-state index contributed by atoms with van der Waals surface area (Å²) >= 11 is 0. The summed E-state index contributed by atoms with van der Waals surface area (Å²) in [5.41, 5.74) is 3.77. The van der Waals surface area contributed by atoms with Gasteiger partial charge in [-0.05, 0) is 29.7 Å². The van der Waals surface area contributed by atoms with Gasteiger partial charge in [0.25, 0.3) is 0 Å². The summed E-state index contributed by atoms with van der Waals surface area (Å²) in [5.74, 6) is 0.294. The average Bonchev–Trinajstić information content (AvgIpc) is 2.84. The van der Waals surface area contributed by atoms with Crippen molar-refractivity contribution < 1.29 is 0 Å². The monoisotopic (exact) mass is 413 g/mol. The smallest absolute Gasteiger partial charge is 0.0757 e. The van der Waals surface area contributed by atoms with E-state index in [1.807, 2.05) is 0 Å². The maximum atomic E-state index is 4.07. The molecular weight excluding hydrogens is 374 g/mol. The third-order valence-electron chi connectivity index (χ3n) is 6.59. The van der Waals surface area contributed by atoms with E-state index in [2.05, 4.69) is 110 Å². The molecule has 0 fully saturated rings. The van der Waals surface area contributed by atoms with Crippen molar-refractivity contribution in [2.24, 2.45) is 0 Å². The molecule has 0 amide bonds. The first-order valence-electron chi connectivity index (χ1n) is 12.2. The van der Waals surface area contributed by atoms with Gasteiger partial charge >= 0.3 is 0 Å². The van der Waals surface area contributed by atoms with E-state index >= 15 is 0 Å². The average molecular weight is 414 g/mol.